The van der Waals surface area contributed by atoms with Crippen LogP contribution in [0.25, 0.3) is 10.9 Å². The van der Waals surface area contributed by atoms with Crippen molar-refractivity contribution in [3.05, 3.63) is 68.8 Å². The standard InChI is InChI=1S/C25H26F3N5O3S/c1-3-37(35,36)22-5-4-15(2)8-16(22)11-33-14-31-23-18(24(33)34)9-21(25(26,27)28)20(19(23)10-29)13-32-7-6-17(30)12-32/h4-5,8-9,14,17H,3,6-7,11-13,30H2,1-2H3/p+1/t17-/m1/s1. The van der Waals surface area contributed by atoms with E-state index < -0.39 is 27.1 Å². The second kappa shape index (κ2) is 9.89. The van der Waals surface area contributed by atoms with E-state index in [2.05, 4.69) is 10.7 Å². The molecule has 0 aliphatic carbocycles. The molecule has 0 unspecified atom stereocenters. The fraction of sp³-hybridized carbons (Fsp3) is 0.400. The Bertz CT molecular complexity index is 1580. The number of quaternary nitrogens is 1. The summed E-state index contributed by atoms with van der Waals surface area (Å²) in [5, 5.41) is 9.50. The van der Waals surface area contributed by atoms with Crippen molar-refractivity contribution >= 4 is 20.7 Å². The van der Waals surface area contributed by atoms with Crippen LogP contribution in [0.2, 0.25) is 0 Å². The van der Waals surface area contributed by atoms with Crippen molar-refractivity contribution in [3.63, 3.8) is 0 Å². The number of hydrogen-bond donors (Lipinski definition) is 1. The lowest BCUT2D eigenvalue weighted by Gasteiger charge is -2.21. The third kappa shape index (κ3) is 5.25. The first-order chi connectivity index (χ1) is 17.4. The molecule has 0 spiro atoms. The molecule has 3 N–H and O–H groups in total. The van der Waals surface area contributed by atoms with Gasteiger partial charge in [-0.1, -0.05) is 24.6 Å². The number of likely N-dealkylation sites (tertiary alicyclic amines) is 1. The number of nitriles is 1. The van der Waals surface area contributed by atoms with Crippen LogP contribution in [0.4, 0.5) is 13.2 Å². The summed E-state index contributed by atoms with van der Waals surface area (Å²) in [5.41, 5.74) is 2.60. The van der Waals surface area contributed by atoms with Gasteiger partial charge in [0, 0.05) is 19.5 Å². The first-order valence-corrected chi connectivity index (χ1v) is 13.4. The SMILES string of the molecule is CCS(=O)(=O)c1ccc(C)cc1Cn1cnc2c(C#N)c(CN3CC[C@@H]([NH3+])C3)c(C(F)(F)F)cc2c1=O. The van der Waals surface area contributed by atoms with Gasteiger partial charge in [0.15, 0.2) is 9.84 Å². The van der Waals surface area contributed by atoms with Gasteiger partial charge < -0.3 is 5.73 Å². The molecule has 8 nitrogen and oxygen atoms in total. The fourth-order valence-corrected chi connectivity index (χ4v) is 5.86. The quantitative estimate of drug-likeness (QED) is 0.518. The molecular formula is C25H27F3N5O3S+. The van der Waals surface area contributed by atoms with Crippen LogP contribution in [0.3, 0.4) is 0 Å². The molecule has 3 aromatic rings. The molecule has 0 radical (unpaired) electrons. The molecule has 12 heteroatoms. The number of rotatable bonds is 6. The smallest absolute Gasteiger partial charge is 0.354 e. The van der Waals surface area contributed by atoms with Crippen molar-refractivity contribution in [2.75, 3.05) is 18.8 Å². The molecule has 0 bridgehead atoms. The molecule has 1 aliphatic heterocycles. The zero-order chi connectivity index (χ0) is 27.1. The maximum Gasteiger partial charge on any atom is 0.416 e. The van der Waals surface area contributed by atoms with Crippen LogP contribution in [0, 0.1) is 18.3 Å². The first kappa shape index (κ1) is 26.8. The van der Waals surface area contributed by atoms with Gasteiger partial charge in [-0.05, 0) is 30.2 Å². The lowest BCUT2D eigenvalue weighted by molar-refractivity contribution is -0.414. The van der Waals surface area contributed by atoms with Crippen molar-refractivity contribution in [2.45, 2.75) is 50.5 Å². The van der Waals surface area contributed by atoms with E-state index in [1.807, 2.05) is 11.0 Å². The van der Waals surface area contributed by atoms with Crippen LogP contribution < -0.4 is 11.3 Å². The Kier molecular flexibility index (Phi) is 7.16. The average Bonchev–Trinajstić information content (AvgIpc) is 3.24. The van der Waals surface area contributed by atoms with Gasteiger partial charge in [0.05, 0.1) is 58.1 Å². The number of aryl methyl sites for hydroxylation is 1. The number of benzene rings is 2. The highest BCUT2D eigenvalue weighted by atomic mass is 32.2. The molecule has 0 amide bonds. The van der Waals surface area contributed by atoms with Crippen LogP contribution >= 0.6 is 0 Å². The highest BCUT2D eigenvalue weighted by Gasteiger charge is 2.37. The van der Waals surface area contributed by atoms with Gasteiger partial charge in [-0.3, -0.25) is 14.3 Å². The molecule has 0 saturated carbocycles. The highest BCUT2D eigenvalue weighted by Crippen LogP contribution is 2.37. The fourth-order valence-electron chi connectivity index (χ4n) is 4.75. The number of alkyl halides is 3. The minimum absolute atomic E-state index is 0.0472. The third-order valence-electron chi connectivity index (χ3n) is 6.67. The molecule has 1 aromatic heterocycles. The Morgan fingerprint density at radius 1 is 1.24 bits per heavy atom. The lowest BCUT2D eigenvalue weighted by atomic mass is 9.97. The largest absolute Gasteiger partial charge is 0.416 e. The number of nitrogens with zero attached hydrogens (tertiary/aromatic N) is 4. The molecule has 2 heterocycles. The molecule has 1 aliphatic rings. The van der Waals surface area contributed by atoms with Gasteiger partial charge in [-0.2, -0.15) is 18.4 Å². The van der Waals surface area contributed by atoms with Gasteiger partial charge in [0.25, 0.3) is 5.56 Å². The van der Waals surface area contributed by atoms with Crippen LogP contribution in [-0.4, -0.2) is 47.8 Å². The van der Waals surface area contributed by atoms with Gasteiger partial charge in [0.2, 0.25) is 0 Å². The van der Waals surface area contributed by atoms with E-state index in [1.165, 1.54) is 13.0 Å². The number of halogens is 3. The van der Waals surface area contributed by atoms with Crippen molar-refractivity contribution in [1.29, 1.82) is 5.26 Å². The predicted octanol–water partition coefficient (Wildman–Crippen LogP) is 2.25. The van der Waals surface area contributed by atoms with Gasteiger partial charge in [-0.15, -0.1) is 0 Å². The van der Waals surface area contributed by atoms with Crippen LogP contribution in [0.15, 0.2) is 40.3 Å². The first-order valence-electron chi connectivity index (χ1n) is 11.8. The predicted molar refractivity (Wildman–Crippen MR) is 130 cm³/mol. The molecule has 1 atom stereocenters. The Labute approximate surface area is 212 Å². The zero-order valence-electron chi connectivity index (χ0n) is 20.5. The Morgan fingerprint density at radius 3 is 2.57 bits per heavy atom. The Morgan fingerprint density at radius 2 is 1.97 bits per heavy atom. The normalized spacial score (nSPS) is 16.8. The molecule has 2 aromatic carbocycles. The summed E-state index contributed by atoms with van der Waals surface area (Å²) in [6.45, 7) is 4.02. The summed E-state index contributed by atoms with van der Waals surface area (Å²) >= 11 is 0. The molecular weight excluding hydrogens is 507 g/mol. The van der Waals surface area contributed by atoms with Crippen LogP contribution in [-0.2, 0) is 29.1 Å². The molecule has 1 fully saturated rings. The van der Waals surface area contributed by atoms with E-state index in [4.69, 9.17) is 0 Å². The number of aromatic nitrogens is 2. The maximum atomic E-state index is 14.2. The molecule has 4 rings (SSSR count). The average molecular weight is 535 g/mol. The van der Waals surface area contributed by atoms with E-state index in [9.17, 15) is 31.6 Å². The van der Waals surface area contributed by atoms with E-state index in [-0.39, 0.29) is 51.8 Å². The van der Waals surface area contributed by atoms with Gasteiger partial charge >= 0.3 is 6.18 Å². The summed E-state index contributed by atoms with van der Waals surface area (Å²) in [4.78, 5) is 19.4. The third-order valence-corrected chi connectivity index (χ3v) is 8.49. The van der Waals surface area contributed by atoms with Crippen molar-refractivity contribution in [3.8, 4) is 6.07 Å². The van der Waals surface area contributed by atoms with Gasteiger partial charge in [0.1, 0.15) is 6.07 Å². The zero-order valence-corrected chi connectivity index (χ0v) is 21.3. The van der Waals surface area contributed by atoms with Crippen LogP contribution in [0.1, 0.15) is 41.2 Å². The van der Waals surface area contributed by atoms with Crippen molar-refractivity contribution in [1.82, 2.24) is 14.5 Å². The number of sulfone groups is 1. The van der Waals surface area contributed by atoms with Gasteiger partial charge in [-0.25, -0.2) is 13.4 Å². The summed E-state index contributed by atoms with van der Waals surface area (Å²) in [6.07, 6.45) is -2.91. The summed E-state index contributed by atoms with van der Waals surface area (Å²) in [7, 11) is -3.62. The van der Waals surface area contributed by atoms with Crippen molar-refractivity contribution in [2.24, 2.45) is 0 Å². The topological polar surface area (TPSA) is 124 Å². The molecule has 196 valence electrons. The van der Waals surface area contributed by atoms with E-state index in [0.717, 1.165) is 28.9 Å². The minimum atomic E-state index is -4.80. The minimum Gasteiger partial charge on any atom is -0.354 e. The number of hydrogen-bond acceptors (Lipinski definition) is 6. The van der Waals surface area contributed by atoms with Crippen LogP contribution in [0.5, 0.6) is 0 Å². The maximum absolute atomic E-state index is 14.2. The molecule has 37 heavy (non-hydrogen) atoms. The van der Waals surface area contributed by atoms with E-state index >= 15 is 0 Å². The van der Waals surface area contributed by atoms with E-state index in [0.29, 0.717) is 18.7 Å². The Hall–Kier alpha value is -3.27. The second-order valence-electron chi connectivity index (χ2n) is 9.37. The second-order valence-corrected chi connectivity index (χ2v) is 11.6. The van der Waals surface area contributed by atoms with Crippen molar-refractivity contribution < 1.29 is 27.3 Å². The summed E-state index contributed by atoms with van der Waals surface area (Å²) < 4.78 is 68.7. The Balaban J connectivity index is 1.89. The number of fused-ring (bicyclic) bond motifs is 1. The summed E-state index contributed by atoms with van der Waals surface area (Å²) in [5.74, 6) is -0.150. The summed E-state index contributed by atoms with van der Waals surface area (Å²) in [6, 6.07) is 7.41. The molecule has 1 saturated heterocycles. The highest BCUT2D eigenvalue weighted by molar-refractivity contribution is 7.91. The lowest BCUT2D eigenvalue weighted by Crippen LogP contribution is -2.61. The monoisotopic (exact) mass is 534 g/mol. The van der Waals surface area contributed by atoms with E-state index in [1.54, 1.807) is 19.1 Å².